The van der Waals surface area contributed by atoms with Gasteiger partial charge < -0.3 is 10.4 Å². The highest BCUT2D eigenvalue weighted by molar-refractivity contribution is 5.78. The van der Waals surface area contributed by atoms with E-state index in [9.17, 15) is 14.3 Å². The molecular weight excluding hydrogens is 271 g/mol. The molecule has 0 aliphatic carbocycles. The fourth-order valence-electron chi connectivity index (χ4n) is 2.80. The summed E-state index contributed by atoms with van der Waals surface area (Å²) in [5.41, 5.74) is 0.853. The molecule has 116 valence electrons. The Labute approximate surface area is 125 Å². The zero-order valence-corrected chi connectivity index (χ0v) is 12.7. The molecule has 1 aromatic rings. The van der Waals surface area contributed by atoms with Crippen molar-refractivity contribution in [2.75, 3.05) is 19.6 Å². The summed E-state index contributed by atoms with van der Waals surface area (Å²) in [6.45, 7) is 5.56. The number of halogens is 1. The molecule has 21 heavy (non-hydrogen) atoms. The quantitative estimate of drug-likeness (QED) is 0.838. The van der Waals surface area contributed by atoms with Crippen molar-refractivity contribution in [1.29, 1.82) is 0 Å². The number of likely N-dealkylation sites (tertiary alicyclic amines) is 1. The molecular formula is C16H23FN2O2. The molecule has 0 atom stereocenters. The van der Waals surface area contributed by atoms with Crippen LogP contribution in [0.4, 0.5) is 4.39 Å². The molecule has 0 radical (unpaired) electrons. The number of benzene rings is 1. The number of carbonyl (C=O) groups excluding carboxylic acids is 1. The summed E-state index contributed by atoms with van der Waals surface area (Å²) in [6.07, 6.45) is 1.72. The second-order valence-electron chi connectivity index (χ2n) is 5.98. The van der Waals surface area contributed by atoms with Gasteiger partial charge in [0, 0.05) is 19.6 Å². The van der Waals surface area contributed by atoms with Gasteiger partial charge in [0.05, 0.1) is 12.1 Å². The number of β-amino-alcohol motifs (C(OH)–C–C–N with tert-alkyl or cyclic N) is 1. The smallest absolute Gasteiger partial charge is 0.234 e. The van der Waals surface area contributed by atoms with Crippen LogP contribution in [0, 0.1) is 12.7 Å². The van der Waals surface area contributed by atoms with E-state index in [1.165, 1.54) is 6.07 Å². The summed E-state index contributed by atoms with van der Waals surface area (Å²) < 4.78 is 13.1. The number of hydrogen-bond donors (Lipinski definition) is 2. The van der Waals surface area contributed by atoms with Gasteiger partial charge in [-0.15, -0.1) is 0 Å². The first-order valence-electron chi connectivity index (χ1n) is 7.38. The molecule has 1 heterocycles. The van der Waals surface area contributed by atoms with Crippen molar-refractivity contribution < 1.29 is 14.3 Å². The molecule has 1 saturated heterocycles. The van der Waals surface area contributed by atoms with E-state index in [4.69, 9.17) is 0 Å². The van der Waals surface area contributed by atoms with Crippen LogP contribution in [-0.2, 0) is 11.3 Å². The molecule has 0 bridgehead atoms. The second kappa shape index (κ2) is 6.54. The molecule has 1 fully saturated rings. The van der Waals surface area contributed by atoms with Crippen LogP contribution in [0.25, 0.3) is 0 Å². The Balaban J connectivity index is 1.72. The summed E-state index contributed by atoms with van der Waals surface area (Å²) in [5, 5.41) is 12.9. The number of carbonyl (C=O) groups is 1. The first-order valence-corrected chi connectivity index (χ1v) is 7.38. The monoisotopic (exact) mass is 294 g/mol. The molecule has 2 rings (SSSR count). The third-order valence-electron chi connectivity index (χ3n) is 3.83. The van der Waals surface area contributed by atoms with Crippen LogP contribution in [0.2, 0.25) is 0 Å². The third-order valence-corrected chi connectivity index (χ3v) is 3.83. The lowest BCUT2D eigenvalue weighted by Gasteiger charge is -2.46. The molecule has 4 nitrogen and oxygen atoms in total. The van der Waals surface area contributed by atoms with Crippen molar-refractivity contribution in [2.45, 2.75) is 38.8 Å². The van der Waals surface area contributed by atoms with Gasteiger partial charge in [-0.05, 0) is 30.5 Å². The number of aryl methyl sites for hydroxylation is 1. The second-order valence-corrected chi connectivity index (χ2v) is 5.98. The van der Waals surface area contributed by atoms with Gasteiger partial charge in [-0.3, -0.25) is 9.69 Å². The number of nitrogens with zero attached hydrogens (tertiary/aromatic N) is 1. The minimum absolute atomic E-state index is 0.0736. The molecule has 0 aromatic heterocycles. The van der Waals surface area contributed by atoms with E-state index >= 15 is 0 Å². The van der Waals surface area contributed by atoms with Gasteiger partial charge in [0.2, 0.25) is 5.91 Å². The first-order chi connectivity index (χ1) is 9.92. The topological polar surface area (TPSA) is 52.6 Å². The van der Waals surface area contributed by atoms with E-state index in [2.05, 4.69) is 5.32 Å². The molecule has 1 amide bonds. The molecule has 5 heteroatoms. The van der Waals surface area contributed by atoms with Gasteiger partial charge in [-0.2, -0.15) is 0 Å². The average molecular weight is 294 g/mol. The minimum Gasteiger partial charge on any atom is -0.387 e. The van der Waals surface area contributed by atoms with Crippen molar-refractivity contribution in [1.82, 2.24) is 10.2 Å². The Morgan fingerprint density at radius 1 is 1.48 bits per heavy atom. The highest BCUT2D eigenvalue weighted by atomic mass is 19.1. The fraction of sp³-hybridized carbons (Fsp3) is 0.562. The van der Waals surface area contributed by atoms with Crippen molar-refractivity contribution >= 4 is 5.91 Å². The number of rotatable bonds is 6. The van der Waals surface area contributed by atoms with Gasteiger partial charge in [0.1, 0.15) is 5.82 Å². The Bertz CT molecular complexity index is 513. The number of hydrogen-bond acceptors (Lipinski definition) is 3. The van der Waals surface area contributed by atoms with E-state index in [-0.39, 0.29) is 11.7 Å². The van der Waals surface area contributed by atoms with Crippen LogP contribution >= 0.6 is 0 Å². The van der Waals surface area contributed by atoms with Crippen molar-refractivity contribution in [2.24, 2.45) is 0 Å². The lowest BCUT2D eigenvalue weighted by Crippen LogP contribution is -2.63. The Hall–Kier alpha value is -1.46. The number of amides is 1. The van der Waals surface area contributed by atoms with Gasteiger partial charge in [0.25, 0.3) is 0 Å². The maximum atomic E-state index is 13.1. The predicted molar refractivity (Wildman–Crippen MR) is 79.3 cm³/mol. The predicted octanol–water partition coefficient (Wildman–Crippen LogP) is 1.60. The molecule has 0 saturated carbocycles. The fourth-order valence-corrected chi connectivity index (χ4v) is 2.80. The summed E-state index contributed by atoms with van der Waals surface area (Å²) in [7, 11) is 0. The Morgan fingerprint density at radius 3 is 2.81 bits per heavy atom. The van der Waals surface area contributed by atoms with Crippen LogP contribution in [0.1, 0.15) is 30.9 Å². The Kier molecular flexibility index (Phi) is 4.96. The standard InChI is InChI=1S/C16H23FN2O2/c1-3-6-16(21)10-19(11-16)9-15(20)18-8-13-4-5-14(17)12(2)7-13/h4-5,7,21H,3,6,8-11H2,1-2H3,(H,18,20). The van der Waals surface area contributed by atoms with Gasteiger partial charge in [-0.25, -0.2) is 4.39 Å². The van der Waals surface area contributed by atoms with Crippen LogP contribution in [0.3, 0.4) is 0 Å². The zero-order chi connectivity index (χ0) is 15.5. The largest absolute Gasteiger partial charge is 0.387 e. The van der Waals surface area contributed by atoms with Gasteiger partial charge >= 0.3 is 0 Å². The summed E-state index contributed by atoms with van der Waals surface area (Å²) >= 11 is 0. The number of nitrogens with one attached hydrogen (secondary N) is 1. The third kappa shape index (κ3) is 4.25. The highest BCUT2D eigenvalue weighted by Crippen LogP contribution is 2.25. The SMILES string of the molecule is CCCC1(O)CN(CC(=O)NCc2ccc(F)c(C)c2)C1. The molecule has 2 N–H and O–H groups in total. The average Bonchev–Trinajstić information content (AvgIpc) is 2.39. The maximum Gasteiger partial charge on any atom is 0.234 e. The molecule has 1 aromatic carbocycles. The number of aliphatic hydroxyl groups is 1. The van der Waals surface area contributed by atoms with E-state index in [0.717, 1.165) is 18.4 Å². The van der Waals surface area contributed by atoms with Gasteiger partial charge in [0.15, 0.2) is 0 Å². The lowest BCUT2D eigenvalue weighted by atomic mass is 9.89. The molecule has 1 aliphatic rings. The van der Waals surface area contributed by atoms with E-state index in [0.29, 0.717) is 31.7 Å². The summed E-state index contributed by atoms with van der Waals surface area (Å²) in [5.74, 6) is -0.309. The zero-order valence-electron chi connectivity index (χ0n) is 12.7. The maximum absolute atomic E-state index is 13.1. The van der Waals surface area contributed by atoms with E-state index in [1.807, 2.05) is 11.8 Å². The van der Waals surface area contributed by atoms with Crippen molar-refractivity contribution in [3.05, 3.63) is 35.1 Å². The molecule has 0 spiro atoms. The van der Waals surface area contributed by atoms with E-state index in [1.54, 1.807) is 19.1 Å². The van der Waals surface area contributed by atoms with Crippen molar-refractivity contribution in [3.8, 4) is 0 Å². The summed E-state index contributed by atoms with van der Waals surface area (Å²) in [6, 6.07) is 4.82. The normalized spacial score (nSPS) is 17.3. The Morgan fingerprint density at radius 2 is 2.19 bits per heavy atom. The van der Waals surface area contributed by atoms with Crippen LogP contribution in [0.15, 0.2) is 18.2 Å². The van der Waals surface area contributed by atoms with Crippen LogP contribution < -0.4 is 5.32 Å². The van der Waals surface area contributed by atoms with Crippen molar-refractivity contribution in [3.63, 3.8) is 0 Å². The van der Waals surface area contributed by atoms with E-state index < -0.39 is 5.60 Å². The van der Waals surface area contributed by atoms with Gasteiger partial charge in [-0.1, -0.05) is 25.5 Å². The lowest BCUT2D eigenvalue weighted by molar-refractivity contribution is -0.133. The summed E-state index contributed by atoms with van der Waals surface area (Å²) in [4.78, 5) is 13.8. The minimum atomic E-state index is -0.608. The molecule has 1 aliphatic heterocycles. The van der Waals surface area contributed by atoms with Crippen LogP contribution in [0.5, 0.6) is 0 Å². The van der Waals surface area contributed by atoms with Crippen LogP contribution in [-0.4, -0.2) is 41.1 Å². The molecule has 0 unspecified atom stereocenters. The first kappa shape index (κ1) is 15.9. The highest BCUT2D eigenvalue weighted by Gasteiger charge is 2.40.